The van der Waals surface area contributed by atoms with Gasteiger partial charge in [-0.1, -0.05) is 24.3 Å². The van der Waals surface area contributed by atoms with Crippen molar-refractivity contribution < 1.29 is 27.5 Å². The van der Waals surface area contributed by atoms with Crippen LogP contribution in [0.4, 0.5) is 13.6 Å². The molecule has 1 amide bonds. The van der Waals surface area contributed by atoms with Crippen molar-refractivity contribution in [3.05, 3.63) is 103 Å². The first kappa shape index (κ1) is 22.2. The van der Waals surface area contributed by atoms with Gasteiger partial charge in [-0.25, -0.2) is 13.6 Å². The zero-order valence-electron chi connectivity index (χ0n) is 18.5. The number of benzene rings is 4. The summed E-state index contributed by atoms with van der Waals surface area (Å²) in [7, 11) is 1.45. The number of furan rings is 1. The van der Waals surface area contributed by atoms with Crippen LogP contribution in [-0.4, -0.2) is 13.1 Å². The molecule has 1 N–H and O–H groups in total. The molecule has 0 unspecified atom stereocenters. The minimum Gasteiger partial charge on any atom is -0.457 e. The van der Waals surface area contributed by atoms with Crippen LogP contribution in [0, 0.1) is 11.6 Å². The molecule has 0 aliphatic rings. The van der Waals surface area contributed by atoms with Gasteiger partial charge in [-0.15, -0.1) is 0 Å². The number of fused-ring (bicyclic) bond motifs is 1. The number of nitrogens with one attached hydrogen (secondary N) is 1. The fraction of sp³-hybridized carbons (Fsp3) is 0.0357. The Morgan fingerprint density at radius 1 is 0.743 bits per heavy atom. The summed E-state index contributed by atoms with van der Waals surface area (Å²) in [5.74, 6) is 0.498. The smallest absolute Gasteiger partial charge is 0.414 e. The zero-order chi connectivity index (χ0) is 24.4. The second-order valence-corrected chi connectivity index (χ2v) is 7.73. The molecule has 0 saturated carbocycles. The van der Waals surface area contributed by atoms with E-state index in [4.69, 9.17) is 13.9 Å². The molecule has 0 bridgehead atoms. The average Bonchev–Trinajstić information content (AvgIpc) is 3.28. The van der Waals surface area contributed by atoms with E-state index in [2.05, 4.69) is 5.32 Å². The lowest BCUT2D eigenvalue weighted by atomic mass is 9.96. The molecule has 0 fully saturated rings. The fourth-order valence-electron chi connectivity index (χ4n) is 3.69. The van der Waals surface area contributed by atoms with Crippen LogP contribution in [0.5, 0.6) is 17.4 Å². The first-order valence-corrected chi connectivity index (χ1v) is 10.8. The Morgan fingerprint density at radius 2 is 1.31 bits per heavy atom. The highest BCUT2D eigenvalue weighted by Gasteiger charge is 2.16. The third-order valence-electron chi connectivity index (χ3n) is 5.38. The van der Waals surface area contributed by atoms with Crippen molar-refractivity contribution in [3.8, 4) is 39.7 Å². The van der Waals surface area contributed by atoms with Crippen LogP contribution in [0.3, 0.4) is 0 Å². The molecule has 174 valence electrons. The van der Waals surface area contributed by atoms with Crippen molar-refractivity contribution in [1.29, 1.82) is 0 Å². The monoisotopic (exact) mass is 471 g/mol. The Kier molecular flexibility index (Phi) is 5.89. The van der Waals surface area contributed by atoms with Crippen molar-refractivity contribution >= 4 is 17.1 Å². The molecule has 5 nitrogen and oxygen atoms in total. The van der Waals surface area contributed by atoms with E-state index >= 15 is 0 Å². The minimum absolute atomic E-state index is 0.0444. The largest absolute Gasteiger partial charge is 0.457 e. The fourth-order valence-corrected chi connectivity index (χ4v) is 3.69. The van der Waals surface area contributed by atoms with Crippen LogP contribution in [-0.2, 0) is 0 Å². The Bertz CT molecular complexity index is 1490. The SMILES string of the molecule is CNC(=O)Oc1cc2cc(-c3ccc(Oc4ccc(F)cc4)cc3)cc(-c3ccc(F)cc3)c2o1. The number of hydrogen-bond donors (Lipinski definition) is 1. The van der Waals surface area contributed by atoms with Gasteiger partial charge in [0.15, 0.2) is 0 Å². The van der Waals surface area contributed by atoms with Crippen molar-refractivity contribution in [3.63, 3.8) is 0 Å². The number of hydrogen-bond acceptors (Lipinski definition) is 4. The van der Waals surface area contributed by atoms with Crippen LogP contribution in [0.15, 0.2) is 95.4 Å². The third kappa shape index (κ3) is 4.84. The topological polar surface area (TPSA) is 60.7 Å². The van der Waals surface area contributed by atoms with Gasteiger partial charge in [-0.2, -0.15) is 0 Å². The van der Waals surface area contributed by atoms with E-state index in [0.29, 0.717) is 22.5 Å². The predicted molar refractivity (Wildman–Crippen MR) is 129 cm³/mol. The normalized spacial score (nSPS) is 10.8. The highest BCUT2D eigenvalue weighted by Crippen LogP contribution is 2.38. The van der Waals surface area contributed by atoms with Crippen LogP contribution >= 0.6 is 0 Å². The second kappa shape index (κ2) is 9.30. The molecule has 0 aliphatic carbocycles. The summed E-state index contributed by atoms with van der Waals surface area (Å²) in [6.45, 7) is 0. The lowest BCUT2D eigenvalue weighted by Crippen LogP contribution is -2.21. The van der Waals surface area contributed by atoms with Gasteiger partial charge in [0.05, 0.1) is 0 Å². The van der Waals surface area contributed by atoms with Crippen LogP contribution < -0.4 is 14.8 Å². The summed E-state index contributed by atoms with van der Waals surface area (Å²) in [4.78, 5) is 11.7. The molecule has 5 aromatic rings. The summed E-state index contributed by atoms with van der Waals surface area (Å²) in [5, 5.41) is 3.09. The highest BCUT2D eigenvalue weighted by atomic mass is 19.1. The summed E-state index contributed by atoms with van der Waals surface area (Å²) >= 11 is 0. The number of rotatable bonds is 5. The average molecular weight is 471 g/mol. The molecular formula is C28H19F2NO4. The summed E-state index contributed by atoms with van der Waals surface area (Å²) in [6, 6.07) is 24.8. The molecule has 0 aliphatic heterocycles. The molecule has 0 saturated heterocycles. The molecule has 0 atom stereocenters. The van der Waals surface area contributed by atoms with Gasteiger partial charge in [0, 0.05) is 24.1 Å². The Labute approximate surface area is 199 Å². The van der Waals surface area contributed by atoms with E-state index in [9.17, 15) is 13.6 Å². The van der Waals surface area contributed by atoms with E-state index in [-0.39, 0.29) is 17.6 Å². The summed E-state index contributed by atoms with van der Waals surface area (Å²) < 4.78 is 43.4. The summed E-state index contributed by atoms with van der Waals surface area (Å²) in [6.07, 6.45) is -0.649. The van der Waals surface area contributed by atoms with E-state index in [0.717, 1.165) is 22.3 Å². The van der Waals surface area contributed by atoms with E-state index in [1.54, 1.807) is 30.3 Å². The zero-order valence-corrected chi connectivity index (χ0v) is 18.5. The molecular weight excluding hydrogens is 452 g/mol. The molecule has 1 aromatic heterocycles. The number of ether oxygens (including phenoxy) is 2. The number of carbonyl (C=O) groups excluding carboxylic acids is 1. The predicted octanol–water partition coefficient (Wildman–Crippen LogP) is 7.56. The maximum absolute atomic E-state index is 13.5. The quantitative estimate of drug-likeness (QED) is 0.287. The first-order valence-electron chi connectivity index (χ1n) is 10.8. The Morgan fingerprint density at radius 3 is 1.94 bits per heavy atom. The van der Waals surface area contributed by atoms with Gasteiger partial charge in [0.2, 0.25) is 0 Å². The molecule has 0 spiro atoms. The van der Waals surface area contributed by atoms with Crippen molar-refractivity contribution in [2.45, 2.75) is 0 Å². The maximum Gasteiger partial charge on any atom is 0.414 e. The van der Waals surface area contributed by atoms with E-state index < -0.39 is 6.09 Å². The number of amides is 1. The lowest BCUT2D eigenvalue weighted by molar-refractivity contribution is 0.191. The molecule has 4 aromatic carbocycles. The van der Waals surface area contributed by atoms with Crippen molar-refractivity contribution in [1.82, 2.24) is 5.32 Å². The molecule has 5 rings (SSSR count). The molecule has 7 heteroatoms. The second-order valence-electron chi connectivity index (χ2n) is 7.73. The van der Waals surface area contributed by atoms with Crippen molar-refractivity contribution in [2.24, 2.45) is 0 Å². The van der Waals surface area contributed by atoms with Crippen molar-refractivity contribution in [2.75, 3.05) is 7.05 Å². The van der Waals surface area contributed by atoms with Gasteiger partial charge in [-0.05, 0) is 77.4 Å². The first-order chi connectivity index (χ1) is 17.0. The number of halogens is 2. The third-order valence-corrected chi connectivity index (χ3v) is 5.38. The van der Waals surface area contributed by atoms with Gasteiger partial charge in [0.1, 0.15) is 28.7 Å². The number of carbonyl (C=O) groups is 1. The van der Waals surface area contributed by atoms with E-state index in [1.165, 1.54) is 31.3 Å². The molecule has 35 heavy (non-hydrogen) atoms. The van der Waals surface area contributed by atoms with Gasteiger partial charge < -0.3 is 19.2 Å². The Balaban J connectivity index is 1.53. The molecule has 0 radical (unpaired) electrons. The molecule has 1 heterocycles. The van der Waals surface area contributed by atoms with Crippen LogP contribution in [0.2, 0.25) is 0 Å². The standard InChI is InChI=1S/C28H19F2NO4/c1-31-28(32)35-26-16-20-14-19(15-25(27(20)34-26)18-2-6-21(29)7-3-18)17-4-10-23(11-5-17)33-24-12-8-22(30)9-13-24/h2-16H,1H3,(H,31,32). The van der Waals surface area contributed by atoms with Gasteiger partial charge >= 0.3 is 6.09 Å². The van der Waals surface area contributed by atoms with E-state index in [1.807, 2.05) is 36.4 Å². The van der Waals surface area contributed by atoms with Gasteiger partial charge in [0.25, 0.3) is 5.95 Å². The van der Waals surface area contributed by atoms with Crippen LogP contribution in [0.1, 0.15) is 0 Å². The van der Waals surface area contributed by atoms with Gasteiger partial charge in [-0.3, -0.25) is 0 Å². The maximum atomic E-state index is 13.5. The van der Waals surface area contributed by atoms with Crippen LogP contribution in [0.25, 0.3) is 33.2 Å². The lowest BCUT2D eigenvalue weighted by Gasteiger charge is -2.10. The Hall–Kier alpha value is -4.65. The highest BCUT2D eigenvalue weighted by molar-refractivity contribution is 5.97. The minimum atomic E-state index is -0.649. The summed E-state index contributed by atoms with van der Waals surface area (Å²) in [5.41, 5.74) is 3.75.